The third-order valence-electron chi connectivity index (χ3n) is 3.43. The molecule has 0 aromatic heterocycles. The van der Waals surface area contributed by atoms with E-state index in [1.54, 1.807) is 0 Å². The smallest absolute Gasteiger partial charge is 0.234 e. The number of alkyl halides is 2. The molecule has 0 bridgehead atoms. The van der Waals surface area contributed by atoms with E-state index >= 15 is 0 Å². The van der Waals surface area contributed by atoms with E-state index in [9.17, 15) is 8.78 Å². The monoisotopic (exact) mass is 202 g/mol. The average molecular weight is 202 g/mol. The molecule has 80 valence electrons. The molecule has 1 fully saturated rings. The highest BCUT2D eigenvalue weighted by atomic mass is 19.3. The van der Waals surface area contributed by atoms with Gasteiger partial charge in [-0.2, -0.15) is 13.9 Å². The molecule has 2 rings (SSSR count). The lowest BCUT2D eigenvalue weighted by Crippen LogP contribution is -2.39. The zero-order valence-electron chi connectivity index (χ0n) is 8.58. The van der Waals surface area contributed by atoms with Crippen molar-refractivity contribution in [2.75, 3.05) is 0 Å². The van der Waals surface area contributed by atoms with E-state index in [4.69, 9.17) is 0 Å². The maximum absolute atomic E-state index is 12.6. The lowest BCUT2D eigenvalue weighted by Gasteiger charge is -2.33. The Morgan fingerprint density at radius 2 is 2.14 bits per heavy atom. The zero-order chi connectivity index (χ0) is 10.3. The summed E-state index contributed by atoms with van der Waals surface area (Å²) in [5.41, 5.74) is 0.891. The Bertz CT molecular complexity index is 253. The molecule has 3 atom stereocenters. The Morgan fingerprint density at radius 3 is 2.79 bits per heavy atom. The molecule has 4 heteroatoms. The summed E-state index contributed by atoms with van der Waals surface area (Å²) in [5.74, 6) is 0.923. The summed E-state index contributed by atoms with van der Waals surface area (Å²) in [6, 6.07) is -0.0359. The van der Waals surface area contributed by atoms with Crippen LogP contribution < -0.4 is 0 Å². The number of hydrazone groups is 1. The highest BCUT2D eigenvalue weighted by Crippen LogP contribution is 2.38. The van der Waals surface area contributed by atoms with Crippen LogP contribution in [0.15, 0.2) is 5.10 Å². The molecule has 2 unspecified atom stereocenters. The summed E-state index contributed by atoms with van der Waals surface area (Å²) in [4.78, 5) is 0. The SMILES string of the molecule is CC1=NN(C(F)F)[C@H]2CCC(C)CC12. The van der Waals surface area contributed by atoms with Crippen LogP contribution in [-0.4, -0.2) is 23.3 Å². The van der Waals surface area contributed by atoms with Crippen LogP contribution in [0.4, 0.5) is 8.78 Å². The lowest BCUT2D eigenvalue weighted by atomic mass is 9.77. The summed E-state index contributed by atoms with van der Waals surface area (Å²) in [7, 11) is 0. The Hall–Kier alpha value is -0.670. The first-order chi connectivity index (χ1) is 6.59. The number of nitrogens with zero attached hydrogens (tertiary/aromatic N) is 2. The Morgan fingerprint density at radius 1 is 1.43 bits per heavy atom. The standard InChI is InChI=1S/C10H16F2N2/c1-6-3-4-9-8(5-6)7(2)13-14(9)10(11)12/h6,8-10H,3-5H2,1-2H3/t6?,8?,9-/m0/s1. The second-order valence-corrected chi connectivity index (χ2v) is 4.49. The molecule has 1 heterocycles. The second-order valence-electron chi connectivity index (χ2n) is 4.49. The third-order valence-corrected chi connectivity index (χ3v) is 3.43. The van der Waals surface area contributed by atoms with E-state index in [2.05, 4.69) is 12.0 Å². The number of hydrogen-bond donors (Lipinski definition) is 0. The van der Waals surface area contributed by atoms with Gasteiger partial charge < -0.3 is 0 Å². The molecule has 14 heavy (non-hydrogen) atoms. The summed E-state index contributed by atoms with van der Waals surface area (Å²) >= 11 is 0. The summed E-state index contributed by atoms with van der Waals surface area (Å²) in [5, 5.41) is 4.97. The van der Waals surface area contributed by atoms with Gasteiger partial charge in [0.1, 0.15) is 0 Å². The van der Waals surface area contributed by atoms with Gasteiger partial charge in [0, 0.05) is 11.6 Å². The van der Waals surface area contributed by atoms with Crippen molar-refractivity contribution in [3.63, 3.8) is 0 Å². The van der Waals surface area contributed by atoms with E-state index in [0.29, 0.717) is 5.92 Å². The van der Waals surface area contributed by atoms with Gasteiger partial charge in [0.15, 0.2) is 0 Å². The summed E-state index contributed by atoms with van der Waals surface area (Å²) < 4.78 is 25.2. The molecule has 0 saturated heterocycles. The molecule has 0 aromatic carbocycles. The summed E-state index contributed by atoms with van der Waals surface area (Å²) in [6.45, 7) is 1.63. The van der Waals surface area contributed by atoms with Crippen molar-refractivity contribution in [2.45, 2.75) is 45.7 Å². The van der Waals surface area contributed by atoms with Crippen LogP contribution in [0.1, 0.15) is 33.1 Å². The van der Waals surface area contributed by atoms with Gasteiger partial charge >= 0.3 is 6.55 Å². The number of rotatable bonds is 1. The Kier molecular flexibility index (Phi) is 2.45. The Balaban J connectivity index is 2.14. The van der Waals surface area contributed by atoms with Crippen LogP contribution in [0.5, 0.6) is 0 Å². The quantitative estimate of drug-likeness (QED) is 0.597. The van der Waals surface area contributed by atoms with Gasteiger partial charge in [0.25, 0.3) is 0 Å². The minimum atomic E-state index is -2.44. The Labute approximate surface area is 83.0 Å². The highest BCUT2D eigenvalue weighted by molar-refractivity contribution is 5.86. The van der Waals surface area contributed by atoms with Gasteiger partial charge in [0.2, 0.25) is 0 Å². The largest absolute Gasteiger partial charge is 0.329 e. The van der Waals surface area contributed by atoms with Crippen molar-refractivity contribution < 1.29 is 8.78 Å². The van der Waals surface area contributed by atoms with E-state index in [0.717, 1.165) is 30.0 Å². The van der Waals surface area contributed by atoms with E-state index in [-0.39, 0.29) is 12.0 Å². The number of fused-ring (bicyclic) bond motifs is 1. The molecule has 2 aliphatic rings. The van der Waals surface area contributed by atoms with Crippen LogP contribution >= 0.6 is 0 Å². The maximum Gasteiger partial charge on any atom is 0.329 e. The molecule has 0 N–H and O–H groups in total. The predicted molar refractivity (Wildman–Crippen MR) is 51.2 cm³/mol. The predicted octanol–water partition coefficient (Wildman–Crippen LogP) is 2.71. The molecule has 0 spiro atoms. The molecular weight excluding hydrogens is 186 g/mol. The van der Waals surface area contributed by atoms with E-state index < -0.39 is 6.55 Å². The second kappa shape index (κ2) is 3.48. The average Bonchev–Trinajstić information content (AvgIpc) is 2.44. The minimum absolute atomic E-state index is 0.0359. The normalized spacial score (nSPS) is 37.4. The topological polar surface area (TPSA) is 15.6 Å². The third kappa shape index (κ3) is 1.51. The molecule has 0 aromatic rings. The lowest BCUT2D eigenvalue weighted by molar-refractivity contribution is -0.0598. The van der Waals surface area contributed by atoms with Crippen LogP contribution in [0.2, 0.25) is 0 Å². The van der Waals surface area contributed by atoms with Crippen molar-refractivity contribution in [3.05, 3.63) is 0 Å². The molecule has 0 radical (unpaired) electrons. The van der Waals surface area contributed by atoms with Crippen LogP contribution in [0.25, 0.3) is 0 Å². The van der Waals surface area contributed by atoms with Crippen LogP contribution in [0, 0.1) is 11.8 Å². The molecular formula is C10H16F2N2. The van der Waals surface area contributed by atoms with Gasteiger partial charge in [-0.05, 0) is 32.1 Å². The van der Waals surface area contributed by atoms with Gasteiger partial charge in [-0.15, -0.1) is 0 Å². The van der Waals surface area contributed by atoms with Crippen LogP contribution in [-0.2, 0) is 0 Å². The zero-order valence-corrected chi connectivity index (χ0v) is 8.58. The van der Waals surface area contributed by atoms with Gasteiger partial charge in [-0.25, -0.2) is 5.01 Å². The minimum Gasteiger partial charge on any atom is -0.234 e. The van der Waals surface area contributed by atoms with Gasteiger partial charge in [0.05, 0.1) is 6.04 Å². The summed E-state index contributed by atoms with van der Waals surface area (Å²) in [6.07, 6.45) is 2.92. The molecule has 1 aliphatic carbocycles. The fraction of sp³-hybridized carbons (Fsp3) is 0.900. The van der Waals surface area contributed by atoms with Crippen LogP contribution in [0.3, 0.4) is 0 Å². The van der Waals surface area contributed by atoms with Gasteiger partial charge in [-0.3, -0.25) is 0 Å². The van der Waals surface area contributed by atoms with Crippen molar-refractivity contribution >= 4 is 5.71 Å². The van der Waals surface area contributed by atoms with Crippen molar-refractivity contribution in [3.8, 4) is 0 Å². The van der Waals surface area contributed by atoms with Crippen molar-refractivity contribution in [2.24, 2.45) is 16.9 Å². The molecule has 1 aliphatic heterocycles. The first-order valence-corrected chi connectivity index (χ1v) is 5.21. The number of halogens is 2. The first-order valence-electron chi connectivity index (χ1n) is 5.21. The van der Waals surface area contributed by atoms with E-state index in [1.165, 1.54) is 0 Å². The number of hydrogen-bond acceptors (Lipinski definition) is 2. The fourth-order valence-electron chi connectivity index (χ4n) is 2.65. The van der Waals surface area contributed by atoms with E-state index in [1.807, 2.05) is 6.92 Å². The highest BCUT2D eigenvalue weighted by Gasteiger charge is 2.41. The maximum atomic E-state index is 12.6. The molecule has 0 amide bonds. The fourth-order valence-corrected chi connectivity index (χ4v) is 2.65. The van der Waals surface area contributed by atoms with Crippen molar-refractivity contribution in [1.29, 1.82) is 0 Å². The van der Waals surface area contributed by atoms with Crippen molar-refractivity contribution in [1.82, 2.24) is 5.01 Å². The first kappa shape index (κ1) is 9.87. The van der Waals surface area contributed by atoms with Gasteiger partial charge in [-0.1, -0.05) is 6.92 Å². The molecule has 1 saturated carbocycles. The molecule has 2 nitrogen and oxygen atoms in total.